The summed E-state index contributed by atoms with van der Waals surface area (Å²) in [4.78, 5) is 9.82. The second-order valence-electron chi connectivity index (χ2n) is 2.91. The maximum absolute atomic E-state index is 10.4. The van der Waals surface area contributed by atoms with Crippen molar-refractivity contribution in [2.75, 3.05) is 0 Å². The minimum absolute atomic E-state index is 0.0491. The molecule has 0 heterocycles. The maximum Gasteiger partial charge on any atom is 0.243 e. The molecule has 1 aromatic rings. The van der Waals surface area contributed by atoms with Crippen LogP contribution in [0.5, 0.6) is 11.5 Å². The van der Waals surface area contributed by atoms with Crippen LogP contribution in [0, 0.1) is 10.1 Å². The Morgan fingerprint density at radius 2 is 2.13 bits per heavy atom. The largest absolute Gasteiger partial charge is 0.504 e. The van der Waals surface area contributed by atoms with Crippen LogP contribution in [0.15, 0.2) is 22.3 Å². The van der Waals surface area contributed by atoms with E-state index in [-0.39, 0.29) is 21.7 Å². The molecule has 80 valence electrons. The fourth-order valence-electron chi connectivity index (χ4n) is 0.982. The van der Waals surface area contributed by atoms with Crippen molar-refractivity contribution in [1.29, 1.82) is 0 Å². The summed E-state index contributed by atoms with van der Waals surface area (Å²) in [5, 5.41) is 28.8. The molecule has 0 radical (unpaired) electrons. The average Bonchev–Trinajstić information content (AvgIpc) is 2.13. The number of nitro groups is 1. The average molecular weight is 274 g/mol. The van der Waals surface area contributed by atoms with E-state index in [9.17, 15) is 20.3 Å². The van der Waals surface area contributed by atoms with E-state index >= 15 is 0 Å². The molecule has 0 aromatic heterocycles. The Kier molecular flexibility index (Phi) is 3.31. The second kappa shape index (κ2) is 4.31. The van der Waals surface area contributed by atoms with Crippen molar-refractivity contribution in [2.45, 2.75) is 6.92 Å². The number of nitrogens with zero attached hydrogens (tertiary/aromatic N) is 1. The fourth-order valence-corrected chi connectivity index (χ4v) is 1.45. The number of halogens is 1. The van der Waals surface area contributed by atoms with Gasteiger partial charge in [0.2, 0.25) is 5.70 Å². The summed E-state index contributed by atoms with van der Waals surface area (Å²) in [5.41, 5.74) is 0.387. The topological polar surface area (TPSA) is 83.6 Å². The van der Waals surface area contributed by atoms with E-state index in [1.807, 2.05) is 0 Å². The molecule has 0 saturated heterocycles. The van der Waals surface area contributed by atoms with E-state index in [2.05, 4.69) is 15.9 Å². The Hall–Kier alpha value is -1.56. The van der Waals surface area contributed by atoms with Gasteiger partial charge in [0, 0.05) is 13.0 Å². The number of hydrogen-bond acceptors (Lipinski definition) is 4. The van der Waals surface area contributed by atoms with Crippen molar-refractivity contribution in [2.24, 2.45) is 0 Å². The van der Waals surface area contributed by atoms with Gasteiger partial charge in [0.15, 0.2) is 11.5 Å². The lowest BCUT2D eigenvalue weighted by Crippen LogP contribution is -1.92. The summed E-state index contributed by atoms with van der Waals surface area (Å²) in [7, 11) is 0. The molecule has 2 N–H and O–H groups in total. The third-order valence-corrected chi connectivity index (χ3v) is 2.33. The molecule has 0 spiro atoms. The summed E-state index contributed by atoms with van der Waals surface area (Å²) in [6.45, 7) is 1.35. The molecule has 1 aromatic carbocycles. The van der Waals surface area contributed by atoms with E-state index < -0.39 is 4.92 Å². The predicted molar refractivity (Wildman–Crippen MR) is 58.1 cm³/mol. The normalized spacial score (nSPS) is 11.5. The quantitative estimate of drug-likeness (QED) is 0.493. The highest BCUT2D eigenvalue weighted by Crippen LogP contribution is 2.34. The highest BCUT2D eigenvalue weighted by atomic mass is 79.9. The van der Waals surface area contributed by atoms with Gasteiger partial charge >= 0.3 is 0 Å². The first-order chi connectivity index (χ1) is 6.91. The first-order valence-electron chi connectivity index (χ1n) is 3.96. The summed E-state index contributed by atoms with van der Waals surface area (Å²) < 4.78 is 0.282. The van der Waals surface area contributed by atoms with Crippen LogP contribution in [0.4, 0.5) is 0 Å². The van der Waals surface area contributed by atoms with Crippen LogP contribution in [-0.4, -0.2) is 15.1 Å². The van der Waals surface area contributed by atoms with Crippen molar-refractivity contribution >= 4 is 22.0 Å². The van der Waals surface area contributed by atoms with Crippen LogP contribution < -0.4 is 0 Å². The Morgan fingerprint density at radius 3 is 2.60 bits per heavy atom. The second-order valence-corrected chi connectivity index (χ2v) is 3.77. The molecule has 6 heteroatoms. The van der Waals surface area contributed by atoms with Crippen LogP contribution in [0.25, 0.3) is 6.08 Å². The molecule has 0 unspecified atom stereocenters. The molecular weight excluding hydrogens is 266 g/mol. The van der Waals surface area contributed by atoms with Crippen molar-refractivity contribution in [3.8, 4) is 11.5 Å². The van der Waals surface area contributed by atoms with Gasteiger partial charge in [-0.15, -0.1) is 0 Å². The van der Waals surface area contributed by atoms with E-state index in [1.54, 1.807) is 0 Å². The highest BCUT2D eigenvalue weighted by molar-refractivity contribution is 9.10. The van der Waals surface area contributed by atoms with E-state index in [1.165, 1.54) is 25.1 Å². The maximum atomic E-state index is 10.4. The van der Waals surface area contributed by atoms with Gasteiger partial charge in [-0.05, 0) is 33.6 Å². The van der Waals surface area contributed by atoms with Crippen molar-refractivity contribution in [1.82, 2.24) is 0 Å². The standard InChI is InChI=1S/C9H8BrNO4/c1-5(11(14)15)2-6-3-7(10)9(13)8(12)4-6/h2-4,12-13H,1H3/b5-2+. The smallest absolute Gasteiger partial charge is 0.243 e. The Morgan fingerprint density at radius 1 is 1.53 bits per heavy atom. The summed E-state index contributed by atoms with van der Waals surface area (Å²) in [6, 6.07) is 2.72. The van der Waals surface area contributed by atoms with Crippen molar-refractivity contribution < 1.29 is 15.1 Å². The lowest BCUT2D eigenvalue weighted by molar-refractivity contribution is -0.422. The van der Waals surface area contributed by atoms with Gasteiger partial charge in [0.1, 0.15) is 0 Å². The minimum atomic E-state index is -0.530. The Labute approximate surface area is 93.9 Å². The molecule has 0 aliphatic rings. The zero-order valence-corrected chi connectivity index (χ0v) is 9.35. The molecule has 5 nitrogen and oxygen atoms in total. The Bertz CT molecular complexity index is 419. The minimum Gasteiger partial charge on any atom is -0.504 e. The molecular formula is C9H8BrNO4. The number of allylic oxidation sites excluding steroid dienone is 1. The van der Waals surface area contributed by atoms with Gasteiger partial charge in [-0.1, -0.05) is 0 Å². The molecule has 0 fully saturated rings. The zero-order valence-electron chi connectivity index (χ0n) is 7.77. The summed E-state index contributed by atoms with van der Waals surface area (Å²) in [6.07, 6.45) is 1.30. The third-order valence-electron chi connectivity index (χ3n) is 1.73. The lowest BCUT2D eigenvalue weighted by Gasteiger charge is -2.01. The van der Waals surface area contributed by atoms with Gasteiger partial charge in [0.05, 0.1) is 9.40 Å². The van der Waals surface area contributed by atoms with Crippen LogP contribution in [0.2, 0.25) is 0 Å². The number of aromatic hydroxyl groups is 2. The number of phenolic OH excluding ortho intramolecular Hbond substituents is 2. The molecule has 0 amide bonds. The Balaban J connectivity index is 3.18. The van der Waals surface area contributed by atoms with Gasteiger partial charge < -0.3 is 10.2 Å². The van der Waals surface area contributed by atoms with Gasteiger partial charge in [0.25, 0.3) is 0 Å². The van der Waals surface area contributed by atoms with Gasteiger partial charge in [-0.3, -0.25) is 10.1 Å². The molecule has 0 bridgehead atoms. The molecule has 1 rings (SSSR count). The number of hydrogen-bond donors (Lipinski definition) is 2. The van der Waals surface area contributed by atoms with Crippen LogP contribution in [0.3, 0.4) is 0 Å². The van der Waals surface area contributed by atoms with E-state index in [0.29, 0.717) is 5.56 Å². The number of rotatable bonds is 2. The van der Waals surface area contributed by atoms with Crippen LogP contribution in [-0.2, 0) is 0 Å². The monoisotopic (exact) mass is 273 g/mol. The summed E-state index contributed by atoms with van der Waals surface area (Å²) >= 11 is 3.01. The molecule has 15 heavy (non-hydrogen) atoms. The van der Waals surface area contributed by atoms with Crippen molar-refractivity contribution in [3.05, 3.63) is 38.0 Å². The highest BCUT2D eigenvalue weighted by Gasteiger charge is 2.08. The lowest BCUT2D eigenvalue weighted by atomic mass is 10.2. The molecule has 0 atom stereocenters. The molecule has 0 aliphatic carbocycles. The van der Waals surface area contributed by atoms with Gasteiger partial charge in [-0.25, -0.2) is 0 Å². The number of phenols is 2. The van der Waals surface area contributed by atoms with E-state index in [0.717, 1.165) is 0 Å². The van der Waals surface area contributed by atoms with Crippen LogP contribution >= 0.6 is 15.9 Å². The SMILES string of the molecule is C/C(=C\c1cc(O)c(O)c(Br)c1)[N+](=O)[O-]. The zero-order chi connectivity index (χ0) is 11.6. The summed E-state index contributed by atoms with van der Waals surface area (Å²) in [5.74, 6) is -0.613. The van der Waals surface area contributed by atoms with Crippen molar-refractivity contribution in [3.63, 3.8) is 0 Å². The first-order valence-corrected chi connectivity index (χ1v) is 4.75. The number of benzene rings is 1. The predicted octanol–water partition coefficient (Wildman–Crippen LogP) is 2.50. The fraction of sp³-hybridized carbons (Fsp3) is 0.111. The molecule has 0 aliphatic heterocycles. The van der Waals surface area contributed by atoms with Crippen LogP contribution in [0.1, 0.15) is 12.5 Å². The van der Waals surface area contributed by atoms with E-state index in [4.69, 9.17) is 0 Å². The van der Waals surface area contributed by atoms with Gasteiger partial charge in [-0.2, -0.15) is 0 Å². The first kappa shape index (κ1) is 11.5. The third kappa shape index (κ3) is 2.69. The molecule has 0 saturated carbocycles.